The summed E-state index contributed by atoms with van der Waals surface area (Å²) in [6.07, 6.45) is 4.64. The van der Waals surface area contributed by atoms with E-state index < -0.39 is 0 Å². The minimum absolute atomic E-state index is 0.0741. The van der Waals surface area contributed by atoms with E-state index in [2.05, 4.69) is 10.3 Å². The number of nitrogens with two attached hydrogens (primary N) is 2. The molecular weight excluding hydrogens is 248 g/mol. The fourth-order valence-electron chi connectivity index (χ4n) is 2.18. The maximum absolute atomic E-state index is 12.0. The van der Waals surface area contributed by atoms with Gasteiger partial charge in [-0.25, -0.2) is 4.98 Å². The van der Waals surface area contributed by atoms with E-state index in [1.807, 2.05) is 0 Å². The molecule has 5 N–H and O–H groups in total. The third kappa shape index (κ3) is 3.51. The fourth-order valence-corrected chi connectivity index (χ4v) is 2.97. The summed E-state index contributed by atoms with van der Waals surface area (Å²) in [5, 5.41) is 5.75. The molecule has 2 rings (SSSR count). The number of rotatable bonds is 4. The number of hydrogen-bond donors (Lipinski definition) is 3. The van der Waals surface area contributed by atoms with Crippen LogP contribution in [-0.4, -0.2) is 29.5 Å². The molecule has 0 unspecified atom stereocenters. The van der Waals surface area contributed by atoms with Gasteiger partial charge in [-0.1, -0.05) is 0 Å². The van der Waals surface area contributed by atoms with E-state index in [0.717, 1.165) is 37.1 Å². The molecule has 1 aromatic heterocycles. The van der Waals surface area contributed by atoms with Crippen LogP contribution in [0.1, 0.15) is 41.2 Å². The van der Waals surface area contributed by atoms with Crippen LogP contribution >= 0.6 is 11.3 Å². The Morgan fingerprint density at radius 3 is 2.83 bits per heavy atom. The zero-order valence-electron chi connectivity index (χ0n) is 10.4. The van der Waals surface area contributed by atoms with Crippen LogP contribution in [0.2, 0.25) is 0 Å². The summed E-state index contributed by atoms with van der Waals surface area (Å²) in [6.45, 7) is 0.565. The highest BCUT2D eigenvalue weighted by molar-refractivity contribution is 7.09. The minimum Gasteiger partial charge on any atom is -0.348 e. The predicted octanol–water partition coefficient (Wildman–Crippen LogP) is 0.644. The first-order chi connectivity index (χ1) is 8.69. The van der Waals surface area contributed by atoms with Crippen molar-refractivity contribution in [1.29, 1.82) is 0 Å². The smallest absolute Gasteiger partial charge is 0.270 e. The summed E-state index contributed by atoms with van der Waals surface area (Å²) in [6, 6.07) is 0.547. The SMILES string of the molecule is NCCc1nc(C(=O)NC2CCC(N)CC2)cs1. The van der Waals surface area contributed by atoms with Crippen LogP contribution in [0, 0.1) is 0 Å². The van der Waals surface area contributed by atoms with Crippen LogP contribution in [0.25, 0.3) is 0 Å². The minimum atomic E-state index is -0.0741. The van der Waals surface area contributed by atoms with Crippen LogP contribution in [0.3, 0.4) is 0 Å². The Labute approximate surface area is 111 Å². The zero-order valence-corrected chi connectivity index (χ0v) is 11.2. The van der Waals surface area contributed by atoms with Gasteiger partial charge in [0.2, 0.25) is 0 Å². The van der Waals surface area contributed by atoms with E-state index in [4.69, 9.17) is 11.5 Å². The summed E-state index contributed by atoms with van der Waals surface area (Å²) >= 11 is 1.49. The van der Waals surface area contributed by atoms with Gasteiger partial charge in [0.25, 0.3) is 5.91 Å². The second kappa shape index (κ2) is 6.26. The largest absolute Gasteiger partial charge is 0.348 e. The molecule has 0 atom stereocenters. The Morgan fingerprint density at radius 2 is 2.17 bits per heavy atom. The number of carbonyl (C=O) groups is 1. The van der Waals surface area contributed by atoms with E-state index in [1.165, 1.54) is 11.3 Å². The summed E-state index contributed by atoms with van der Waals surface area (Å²) in [4.78, 5) is 16.3. The van der Waals surface area contributed by atoms with Crippen molar-refractivity contribution < 1.29 is 4.79 Å². The average molecular weight is 268 g/mol. The number of aromatic nitrogens is 1. The van der Waals surface area contributed by atoms with Crippen LogP contribution in [0.15, 0.2) is 5.38 Å². The summed E-state index contributed by atoms with van der Waals surface area (Å²) < 4.78 is 0. The van der Waals surface area contributed by atoms with Crippen LogP contribution in [-0.2, 0) is 6.42 Å². The molecule has 100 valence electrons. The lowest BCUT2D eigenvalue weighted by Crippen LogP contribution is -2.40. The maximum atomic E-state index is 12.0. The number of nitrogens with one attached hydrogen (secondary N) is 1. The standard InChI is InChI=1S/C12H20N4OS/c13-6-5-11-16-10(7-18-11)12(17)15-9-3-1-8(14)2-4-9/h7-9H,1-6,13-14H2,(H,15,17). The molecule has 0 radical (unpaired) electrons. The maximum Gasteiger partial charge on any atom is 0.270 e. The molecule has 1 saturated carbocycles. The molecule has 18 heavy (non-hydrogen) atoms. The van der Waals surface area contributed by atoms with E-state index >= 15 is 0 Å². The average Bonchev–Trinajstić information content (AvgIpc) is 2.81. The van der Waals surface area contributed by atoms with E-state index in [1.54, 1.807) is 5.38 Å². The van der Waals surface area contributed by atoms with Gasteiger partial charge in [-0.05, 0) is 32.2 Å². The summed E-state index contributed by atoms with van der Waals surface area (Å²) in [5.74, 6) is -0.0741. The van der Waals surface area contributed by atoms with Crippen molar-refractivity contribution in [2.24, 2.45) is 11.5 Å². The molecule has 0 aromatic carbocycles. The van der Waals surface area contributed by atoms with Crippen molar-refractivity contribution in [3.63, 3.8) is 0 Å². The summed E-state index contributed by atoms with van der Waals surface area (Å²) in [5.41, 5.74) is 11.8. The van der Waals surface area contributed by atoms with E-state index in [0.29, 0.717) is 18.3 Å². The van der Waals surface area contributed by atoms with Crippen molar-refractivity contribution in [1.82, 2.24) is 10.3 Å². The Kier molecular flexibility index (Phi) is 4.68. The highest BCUT2D eigenvalue weighted by atomic mass is 32.1. The molecule has 0 bridgehead atoms. The highest BCUT2D eigenvalue weighted by Crippen LogP contribution is 2.18. The van der Waals surface area contributed by atoms with Crippen molar-refractivity contribution in [3.8, 4) is 0 Å². The number of nitrogens with zero attached hydrogens (tertiary/aromatic N) is 1. The van der Waals surface area contributed by atoms with Gasteiger partial charge in [-0.2, -0.15) is 0 Å². The van der Waals surface area contributed by atoms with Gasteiger partial charge in [0.05, 0.1) is 5.01 Å². The molecule has 0 saturated heterocycles. The van der Waals surface area contributed by atoms with Crippen LogP contribution in [0.5, 0.6) is 0 Å². The topological polar surface area (TPSA) is 94.0 Å². The first-order valence-corrected chi connectivity index (χ1v) is 7.28. The van der Waals surface area contributed by atoms with Crippen molar-refractivity contribution in [2.75, 3.05) is 6.54 Å². The molecule has 0 aliphatic heterocycles. The number of hydrogen-bond acceptors (Lipinski definition) is 5. The molecule has 5 nitrogen and oxygen atoms in total. The Balaban J connectivity index is 1.86. The molecular formula is C12H20N4OS. The van der Waals surface area contributed by atoms with Gasteiger partial charge >= 0.3 is 0 Å². The molecule has 1 aliphatic rings. The number of carbonyl (C=O) groups excluding carboxylic acids is 1. The molecule has 1 fully saturated rings. The first kappa shape index (κ1) is 13.5. The lowest BCUT2D eigenvalue weighted by atomic mass is 9.92. The second-order valence-electron chi connectivity index (χ2n) is 4.75. The fraction of sp³-hybridized carbons (Fsp3) is 0.667. The molecule has 1 heterocycles. The van der Waals surface area contributed by atoms with Gasteiger partial charge < -0.3 is 16.8 Å². The zero-order chi connectivity index (χ0) is 13.0. The third-order valence-corrected chi connectivity index (χ3v) is 4.16. The van der Waals surface area contributed by atoms with E-state index in [9.17, 15) is 4.79 Å². The molecule has 1 aliphatic carbocycles. The Hall–Kier alpha value is -0.980. The Bertz CT molecular complexity index is 399. The predicted molar refractivity (Wildman–Crippen MR) is 72.6 cm³/mol. The lowest BCUT2D eigenvalue weighted by Gasteiger charge is -2.26. The van der Waals surface area contributed by atoms with E-state index in [-0.39, 0.29) is 11.9 Å². The molecule has 1 amide bonds. The normalized spacial score (nSPS) is 23.9. The monoisotopic (exact) mass is 268 g/mol. The highest BCUT2D eigenvalue weighted by Gasteiger charge is 2.21. The quantitative estimate of drug-likeness (QED) is 0.747. The van der Waals surface area contributed by atoms with Crippen molar-refractivity contribution in [3.05, 3.63) is 16.1 Å². The van der Waals surface area contributed by atoms with Gasteiger partial charge in [-0.15, -0.1) is 11.3 Å². The number of amides is 1. The van der Waals surface area contributed by atoms with Crippen molar-refractivity contribution in [2.45, 2.75) is 44.2 Å². The molecule has 6 heteroatoms. The molecule has 0 spiro atoms. The second-order valence-corrected chi connectivity index (χ2v) is 5.69. The van der Waals surface area contributed by atoms with Gasteiger partial charge in [-0.3, -0.25) is 4.79 Å². The summed E-state index contributed by atoms with van der Waals surface area (Å²) in [7, 11) is 0. The van der Waals surface area contributed by atoms with Crippen molar-refractivity contribution >= 4 is 17.2 Å². The van der Waals surface area contributed by atoms with Crippen LogP contribution < -0.4 is 16.8 Å². The number of thiazole rings is 1. The van der Waals surface area contributed by atoms with Gasteiger partial charge in [0.15, 0.2) is 0 Å². The first-order valence-electron chi connectivity index (χ1n) is 6.40. The lowest BCUT2D eigenvalue weighted by molar-refractivity contribution is 0.0921. The van der Waals surface area contributed by atoms with Gasteiger partial charge in [0.1, 0.15) is 5.69 Å². The van der Waals surface area contributed by atoms with Crippen LogP contribution in [0.4, 0.5) is 0 Å². The third-order valence-electron chi connectivity index (χ3n) is 3.25. The molecule has 1 aromatic rings. The van der Waals surface area contributed by atoms with Gasteiger partial charge in [0, 0.05) is 23.9 Å². The Morgan fingerprint density at radius 1 is 1.44 bits per heavy atom.